The Morgan fingerprint density at radius 3 is 2.60 bits per heavy atom. The Bertz CT molecular complexity index is 552. The number of hydrogen-bond donors (Lipinski definition) is 1. The average molecular weight is 217 g/mol. The van der Waals surface area contributed by atoms with E-state index in [4.69, 9.17) is 12.2 Å². The molecule has 0 fully saturated rings. The Labute approximate surface area is 95.2 Å². The summed E-state index contributed by atoms with van der Waals surface area (Å²) in [7, 11) is 0. The molecule has 2 aromatic rings. The number of aromatic nitrogens is 1. The van der Waals surface area contributed by atoms with Crippen molar-refractivity contribution in [1.29, 1.82) is 0 Å². The van der Waals surface area contributed by atoms with E-state index in [0.29, 0.717) is 5.92 Å². The Kier molecular flexibility index (Phi) is 2.61. The lowest BCUT2D eigenvalue weighted by Gasteiger charge is -2.07. The van der Waals surface area contributed by atoms with Crippen molar-refractivity contribution >= 4 is 23.1 Å². The molecule has 1 aromatic carbocycles. The summed E-state index contributed by atoms with van der Waals surface area (Å²) in [6, 6.07) is 8.49. The zero-order valence-corrected chi connectivity index (χ0v) is 10.1. The van der Waals surface area contributed by atoms with Crippen molar-refractivity contribution in [1.82, 2.24) is 4.98 Å². The second kappa shape index (κ2) is 3.78. The number of H-pyrrole nitrogens is 1. The molecule has 2 rings (SSSR count). The van der Waals surface area contributed by atoms with Crippen LogP contribution in [0.4, 0.5) is 0 Å². The smallest absolute Gasteiger partial charge is 0.0487 e. The zero-order valence-electron chi connectivity index (χ0n) is 9.29. The van der Waals surface area contributed by atoms with E-state index in [1.807, 2.05) is 13.0 Å². The summed E-state index contributed by atoms with van der Waals surface area (Å²) in [6.45, 7) is 6.43. The molecule has 0 spiro atoms. The van der Waals surface area contributed by atoms with Crippen LogP contribution in [0.15, 0.2) is 24.3 Å². The standard InChI is InChI=1S/C13H15NS/c1-8(2)10-4-5-12-11(7-10)13(15)6-9(3)14-12/h4-8H,1-3H3,(H,14,15). The van der Waals surface area contributed by atoms with E-state index < -0.39 is 0 Å². The molecule has 15 heavy (non-hydrogen) atoms. The van der Waals surface area contributed by atoms with Gasteiger partial charge in [0.2, 0.25) is 0 Å². The minimum atomic E-state index is 0.546. The van der Waals surface area contributed by atoms with Gasteiger partial charge in [-0.05, 0) is 36.6 Å². The van der Waals surface area contributed by atoms with Crippen LogP contribution in [0.25, 0.3) is 10.9 Å². The summed E-state index contributed by atoms with van der Waals surface area (Å²) in [5.41, 5.74) is 3.58. The third-order valence-electron chi connectivity index (χ3n) is 2.66. The number of hydrogen-bond acceptors (Lipinski definition) is 1. The van der Waals surface area contributed by atoms with E-state index in [2.05, 4.69) is 37.0 Å². The molecule has 0 amide bonds. The topological polar surface area (TPSA) is 15.8 Å². The van der Waals surface area contributed by atoms with Crippen LogP contribution < -0.4 is 0 Å². The molecule has 0 aliphatic rings. The van der Waals surface area contributed by atoms with Gasteiger partial charge in [-0.15, -0.1) is 0 Å². The molecule has 0 unspecified atom stereocenters. The Morgan fingerprint density at radius 2 is 1.93 bits per heavy atom. The number of aromatic amines is 1. The number of fused-ring (bicyclic) bond motifs is 1. The van der Waals surface area contributed by atoms with Gasteiger partial charge < -0.3 is 4.98 Å². The van der Waals surface area contributed by atoms with Gasteiger partial charge in [-0.3, -0.25) is 0 Å². The van der Waals surface area contributed by atoms with E-state index in [9.17, 15) is 0 Å². The summed E-state index contributed by atoms with van der Waals surface area (Å²) >= 11 is 5.37. The van der Waals surface area contributed by atoms with Gasteiger partial charge >= 0.3 is 0 Å². The third-order valence-corrected chi connectivity index (χ3v) is 2.99. The highest BCUT2D eigenvalue weighted by Crippen LogP contribution is 2.21. The Balaban J connectivity index is 2.77. The lowest BCUT2D eigenvalue weighted by molar-refractivity contribution is 0.868. The maximum Gasteiger partial charge on any atom is 0.0487 e. The molecule has 0 bridgehead atoms. The molecule has 0 aliphatic heterocycles. The van der Waals surface area contributed by atoms with Crippen molar-refractivity contribution in [2.45, 2.75) is 26.7 Å². The van der Waals surface area contributed by atoms with E-state index in [1.54, 1.807) is 0 Å². The fourth-order valence-electron chi connectivity index (χ4n) is 1.76. The molecule has 0 atom stereocenters. The first kappa shape index (κ1) is 10.4. The molecule has 1 aromatic heterocycles. The number of benzene rings is 1. The lowest BCUT2D eigenvalue weighted by Crippen LogP contribution is -1.89. The molecule has 2 heteroatoms. The summed E-state index contributed by atoms with van der Waals surface area (Å²) in [5, 5.41) is 1.15. The van der Waals surface area contributed by atoms with Crippen LogP contribution in [0, 0.1) is 11.4 Å². The largest absolute Gasteiger partial charge is 0.359 e. The van der Waals surface area contributed by atoms with Crippen LogP contribution >= 0.6 is 12.2 Å². The number of aryl methyl sites for hydroxylation is 1. The maximum absolute atomic E-state index is 5.37. The second-order valence-electron chi connectivity index (χ2n) is 4.28. The highest BCUT2D eigenvalue weighted by atomic mass is 32.1. The molecule has 0 saturated heterocycles. The number of rotatable bonds is 1. The van der Waals surface area contributed by atoms with Crippen molar-refractivity contribution in [3.05, 3.63) is 40.0 Å². The van der Waals surface area contributed by atoms with Gasteiger partial charge in [0, 0.05) is 21.1 Å². The molecule has 0 aliphatic carbocycles. The van der Waals surface area contributed by atoms with Crippen molar-refractivity contribution in [2.24, 2.45) is 0 Å². The van der Waals surface area contributed by atoms with Crippen LogP contribution in [0.1, 0.15) is 31.0 Å². The van der Waals surface area contributed by atoms with Crippen molar-refractivity contribution in [2.75, 3.05) is 0 Å². The van der Waals surface area contributed by atoms with Crippen LogP contribution in [0.5, 0.6) is 0 Å². The van der Waals surface area contributed by atoms with Gasteiger partial charge in [-0.2, -0.15) is 0 Å². The zero-order chi connectivity index (χ0) is 11.0. The molecule has 0 radical (unpaired) electrons. The van der Waals surface area contributed by atoms with Crippen LogP contribution in [0.2, 0.25) is 0 Å². The fraction of sp³-hybridized carbons (Fsp3) is 0.308. The SMILES string of the molecule is Cc1cc(=S)c2cc(C(C)C)ccc2[nH]1. The normalized spacial score (nSPS) is 11.2. The van der Waals surface area contributed by atoms with E-state index in [-0.39, 0.29) is 0 Å². The Morgan fingerprint density at radius 1 is 1.20 bits per heavy atom. The van der Waals surface area contributed by atoms with Gasteiger partial charge in [-0.1, -0.05) is 32.1 Å². The van der Waals surface area contributed by atoms with Gasteiger partial charge in [0.1, 0.15) is 0 Å². The van der Waals surface area contributed by atoms with Crippen molar-refractivity contribution < 1.29 is 0 Å². The summed E-state index contributed by atoms with van der Waals surface area (Å²) in [5.74, 6) is 0.546. The molecule has 0 saturated carbocycles. The van der Waals surface area contributed by atoms with Gasteiger partial charge in [0.05, 0.1) is 0 Å². The second-order valence-corrected chi connectivity index (χ2v) is 4.72. The quantitative estimate of drug-likeness (QED) is 0.703. The average Bonchev–Trinajstić information content (AvgIpc) is 2.16. The summed E-state index contributed by atoms with van der Waals surface area (Å²) in [6.07, 6.45) is 0. The Hall–Kier alpha value is -1.15. The van der Waals surface area contributed by atoms with Gasteiger partial charge in [-0.25, -0.2) is 0 Å². The number of pyridine rings is 1. The molecular formula is C13H15NS. The predicted octanol–water partition coefficient (Wildman–Crippen LogP) is 4.33. The third kappa shape index (κ3) is 1.95. The van der Waals surface area contributed by atoms with Crippen molar-refractivity contribution in [3.8, 4) is 0 Å². The molecule has 78 valence electrons. The fourth-order valence-corrected chi connectivity index (χ4v) is 2.10. The summed E-state index contributed by atoms with van der Waals surface area (Å²) in [4.78, 5) is 3.33. The molecule has 1 nitrogen and oxygen atoms in total. The first-order valence-corrected chi connectivity index (χ1v) is 5.62. The van der Waals surface area contributed by atoms with Crippen LogP contribution in [-0.4, -0.2) is 4.98 Å². The first-order valence-electron chi connectivity index (χ1n) is 5.21. The highest BCUT2D eigenvalue weighted by Gasteiger charge is 2.02. The van der Waals surface area contributed by atoms with Gasteiger partial charge in [0.25, 0.3) is 0 Å². The number of nitrogens with one attached hydrogen (secondary N) is 1. The minimum absolute atomic E-state index is 0.546. The van der Waals surface area contributed by atoms with E-state index >= 15 is 0 Å². The monoisotopic (exact) mass is 217 g/mol. The first-order chi connectivity index (χ1) is 7.08. The molecular weight excluding hydrogens is 202 g/mol. The van der Waals surface area contributed by atoms with Crippen molar-refractivity contribution in [3.63, 3.8) is 0 Å². The minimum Gasteiger partial charge on any atom is -0.359 e. The van der Waals surface area contributed by atoms with Crippen LogP contribution in [0.3, 0.4) is 0 Å². The highest BCUT2D eigenvalue weighted by molar-refractivity contribution is 7.71. The summed E-state index contributed by atoms with van der Waals surface area (Å²) < 4.78 is 0.934. The maximum atomic E-state index is 5.37. The van der Waals surface area contributed by atoms with E-state index in [1.165, 1.54) is 5.56 Å². The van der Waals surface area contributed by atoms with Gasteiger partial charge in [0.15, 0.2) is 0 Å². The molecule has 1 heterocycles. The van der Waals surface area contributed by atoms with E-state index in [0.717, 1.165) is 21.1 Å². The predicted molar refractivity (Wildman–Crippen MR) is 68.0 cm³/mol. The lowest BCUT2D eigenvalue weighted by atomic mass is 10.0. The molecule has 1 N–H and O–H groups in total. The van der Waals surface area contributed by atoms with Crippen LogP contribution in [-0.2, 0) is 0 Å².